The van der Waals surface area contributed by atoms with E-state index in [-0.39, 0.29) is 28.7 Å². The molecule has 17 heavy (non-hydrogen) atoms. The maximum Gasteiger partial charge on any atom is 0.211 e. The highest BCUT2D eigenvalue weighted by Crippen LogP contribution is 2.39. The van der Waals surface area contributed by atoms with Crippen molar-refractivity contribution in [1.82, 2.24) is 4.72 Å². The molecule has 2 unspecified atom stereocenters. The lowest BCUT2D eigenvalue weighted by Crippen LogP contribution is -2.64. The van der Waals surface area contributed by atoms with Gasteiger partial charge in [-0.05, 0) is 23.7 Å². The normalized spacial score (nSPS) is 28.8. The van der Waals surface area contributed by atoms with Gasteiger partial charge in [-0.1, -0.05) is 34.6 Å². The lowest BCUT2D eigenvalue weighted by molar-refractivity contribution is 0.0903. The van der Waals surface area contributed by atoms with Crippen molar-refractivity contribution >= 4 is 10.0 Å². The van der Waals surface area contributed by atoms with Crippen LogP contribution in [0, 0.1) is 10.8 Å². The number of rotatable bonds is 4. The third kappa shape index (κ3) is 3.93. The molecule has 1 aliphatic rings. The van der Waals surface area contributed by atoms with Crippen molar-refractivity contribution in [1.29, 1.82) is 0 Å². The molecule has 2 atom stereocenters. The van der Waals surface area contributed by atoms with Crippen molar-refractivity contribution in [3.63, 3.8) is 0 Å². The van der Waals surface area contributed by atoms with Crippen LogP contribution in [-0.4, -0.2) is 26.3 Å². The van der Waals surface area contributed by atoms with Gasteiger partial charge in [0.2, 0.25) is 10.0 Å². The summed E-state index contributed by atoms with van der Waals surface area (Å²) in [5.41, 5.74) is 5.79. The molecule has 0 aromatic rings. The quantitative estimate of drug-likeness (QED) is 0.806. The first-order valence-corrected chi connectivity index (χ1v) is 7.85. The maximum absolute atomic E-state index is 11.9. The minimum atomic E-state index is -3.17. The number of hydrogen-bond donors (Lipinski definition) is 2. The fourth-order valence-electron chi connectivity index (χ4n) is 1.88. The maximum atomic E-state index is 11.9. The Bertz CT molecular complexity index is 368. The Morgan fingerprint density at radius 1 is 1.35 bits per heavy atom. The van der Waals surface area contributed by atoms with E-state index in [0.29, 0.717) is 6.42 Å². The fourth-order valence-corrected chi connectivity index (χ4v) is 3.71. The summed E-state index contributed by atoms with van der Waals surface area (Å²) in [6.07, 6.45) is 1.41. The standard InChI is InChI=1S/C12H26N2O2S/c1-11(2,3)6-7-17(15,16)14-10-8-9(13)12(10,4)5/h9-10,14H,6-8,13H2,1-5H3. The molecular formula is C12H26N2O2S. The molecule has 0 aromatic carbocycles. The van der Waals surface area contributed by atoms with E-state index < -0.39 is 10.0 Å². The highest BCUT2D eigenvalue weighted by atomic mass is 32.2. The van der Waals surface area contributed by atoms with E-state index in [1.807, 2.05) is 34.6 Å². The van der Waals surface area contributed by atoms with Crippen LogP contribution in [0.15, 0.2) is 0 Å². The lowest BCUT2D eigenvalue weighted by atomic mass is 9.64. The Labute approximate surface area is 105 Å². The Morgan fingerprint density at radius 3 is 2.24 bits per heavy atom. The third-order valence-electron chi connectivity index (χ3n) is 3.79. The van der Waals surface area contributed by atoms with Crippen LogP contribution < -0.4 is 10.5 Å². The topological polar surface area (TPSA) is 72.2 Å². The summed E-state index contributed by atoms with van der Waals surface area (Å²) in [5, 5.41) is 0. The molecule has 0 aromatic heterocycles. The van der Waals surface area contributed by atoms with Crippen molar-refractivity contribution < 1.29 is 8.42 Å². The van der Waals surface area contributed by atoms with E-state index in [9.17, 15) is 8.42 Å². The van der Waals surface area contributed by atoms with Crippen LogP contribution in [0.3, 0.4) is 0 Å². The van der Waals surface area contributed by atoms with Crippen LogP contribution in [0.5, 0.6) is 0 Å². The van der Waals surface area contributed by atoms with Gasteiger partial charge >= 0.3 is 0 Å². The predicted molar refractivity (Wildman–Crippen MR) is 71.2 cm³/mol. The zero-order valence-electron chi connectivity index (χ0n) is 11.6. The highest BCUT2D eigenvalue weighted by molar-refractivity contribution is 7.89. The highest BCUT2D eigenvalue weighted by Gasteiger charge is 2.47. The van der Waals surface area contributed by atoms with E-state index >= 15 is 0 Å². The molecule has 102 valence electrons. The van der Waals surface area contributed by atoms with Gasteiger partial charge in [-0.3, -0.25) is 0 Å². The average Bonchev–Trinajstić information content (AvgIpc) is 2.13. The first-order valence-electron chi connectivity index (χ1n) is 6.20. The van der Waals surface area contributed by atoms with Gasteiger partial charge < -0.3 is 5.73 Å². The monoisotopic (exact) mass is 262 g/mol. The largest absolute Gasteiger partial charge is 0.327 e. The number of sulfonamides is 1. The summed E-state index contributed by atoms with van der Waals surface area (Å²) in [6.45, 7) is 10.2. The third-order valence-corrected chi connectivity index (χ3v) is 5.17. The first-order chi connectivity index (χ1) is 7.44. The zero-order chi connectivity index (χ0) is 13.5. The second-order valence-electron chi connectivity index (χ2n) is 6.96. The smallest absolute Gasteiger partial charge is 0.211 e. The van der Waals surface area contributed by atoms with E-state index in [4.69, 9.17) is 5.73 Å². The summed E-state index contributed by atoms with van der Waals surface area (Å²) in [6, 6.07) is 0.0836. The molecule has 0 bridgehead atoms. The Balaban J connectivity index is 2.52. The Kier molecular flexibility index (Phi) is 3.97. The van der Waals surface area contributed by atoms with Crippen molar-refractivity contribution in [2.45, 2.75) is 59.5 Å². The van der Waals surface area contributed by atoms with E-state index in [1.165, 1.54) is 0 Å². The number of nitrogens with two attached hydrogens (primary N) is 1. The molecule has 0 aliphatic heterocycles. The van der Waals surface area contributed by atoms with Crippen molar-refractivity contribution in [2.24, 2.45) is 16.6 Å². The Hall–Kier alpha value is -0.130. The Morgan fingerprint density at radius 2 is 1.88 bits per heavy atom. The van der Waals surface area contributed by atoms with Crippen LogP contribution in [0.1, 0.15) is 47.5 Å². The zero-order valence-corrected chi connectivity index (χ0v) is 12.4. The summed E-state index contributed by atoms with van der Waals surface area (Å²) in [5.74, 6) is 0.193. The SMILES string of the molecule is CC(C)(C)CCS(=O)(=O)NC1CC(N)C1(C)C. The fraction of sp³-hybridized carbons (Fsp3) is 1.00. The number of hydrogen-bond acceptors (Lipinski definition) is 3. The van der Waals surface area contributed by atoms with Gasteiger partial charge in [0.05, 0.1) is 5.75 Å². The van der Waals surface area contributed by atoms with Crippen molar-refractivity contribution in [3.05, 3.63) is 0 Å². The van der Waals surface area contributed by atoms with Crippen LogP contribution >= 0.6 is 0 Å². The molecule has 1 saturated carbocycles. The molecular weight excluding hydrogens is 236 g/mol. The lowest BCUT2D eigenvalue weighted by Gasteiger charge is -2.50. The first kappa shape index (κ1) is 14.9. The van der Waals surface area contributed by atoms with Crippen LogP contribution in [0.4, 0.5) is 0 Å². The summed E-state index contributed by atoms with van der Waals surface area (Å²) >= 11 is 0. The van der Waals surface area contributed by atoms with Gasteiger partial charge in [0.15, 0.2) is 0 Å². The van der Waals surface area contributed by atoms with Gasteiger partial charge in [0.25, 0.3) is 0 Å². The molecule has 1 aliphatic carbocycles. The average molecular weight is 262 g/mol. The summed E-state index contributed by atoms with van der Waals surface area (Å²) < 4.78 is 26.6. The summed E-state index contributed by atoms with van der Waals surface area (Å²) in [4.78, 5) is 0. The van der Waals surface area contributed by atoms with Gasteiger partial charge in [-0.25, -0.2) is 13.1 Å². The minimum absolute atomic E-state index is 0.0116. The van der Waals surface area contributed by atoms with Gasteiger partial charge in [0.1, 0.15) is 0 Å². The molecule has 0 radical (unpaired) electrons. The van der Waals surface area contributed by atoms with Crippen LogP contribution in [-0.2, 0) is 10.0 Å². The van der Waals surface area contributed by atoms with Crippen molar-refractivity contribution in [3.8, 4) is 0 Å². The van der Waals surface area contributed by atoms with Crippen LogP contribution in [0.25, 0.3) is 0 Å². The number of nitrogens with one attached hydrogen (secondary N) is 1. The molecule has 0 heterocycles. The van der Waals surface area contributed by atoms with Gasteiger partial charge in [-0.2, -0.15) is 0 Å². The van der Waals surface area contributed by atoms with E-state index in [0.717, 1.165) is 6.42 Å². The molecule has 3 N–H and O–H groups in total. The summed E-state index contributed by atoms with van der Waals surface area (Å²) in [7, 11) is -3.17. The molecule has 0 spiro atoms. The molecule has 0 saturated heterocycles. The molecule has 0 amide bonds. The second-order valence-corrected chi connectivity index (χ2v) is 8.84. The van der Waals surface area contributed by atoms with E-state index in [2.05, 4.69) is 4.72 Å². The molecule has 4 nitrogen and oxygen atoms in total. The van der Waals surface area contributed by atoms with Crippen molar-refractivity contribution in [2.75, 3.05) is 5.75 Å². The second kappa shape index (κ2) is 4.52. The molecule has 1 rings (SSSR count). The van der Waals surface area contributed by atoms with Crippen LogP contribution in [0.2, 0.25) is 0 Å². The van der Waals surface area contributed by atoms with Gasteiger partial charge in [0, 0.05) is 12.1 Å². The van der Waals surface area contributed by atoms with E-state index in [1.54, 1.807) is 0 Å². The predicted octanol–water partition coefficient (Wildman–Crippen LogP) is 1.47. The van der Waals surface area contributed by atoms with Gasteiger partial charge in [-0.15, -0.1) is 0 Å². The molecule has 1 fully saturated rings. The molecule has 5 heteroatoms. The minimum Gasteiger partial charge on any atom is -0.327 e.